The van der Waals surface area contributed by atoms with E-state index in [-0.39, 0.29) is 11.3 Å². The predicted molar refractivity (Wildman–Crippen MR) is 114 cm³/mol. The number of benzene rings is 3. The van der Waals surface area contributed by atoms with E-state index >= 15 is 0 Å². The SMILES string of the molecule is Cc1ccccc1C=NNC(=O)c1ccc(NC(=O)c2cccc([N+](=O)[O-])c2)cc1. The molecule has 0 aliphatic rings. The highest BCUT2D eigenvalue weighted by Gasteiger charge is 2.12. The molecule has 0 aromatic heterocycles. The summed E-state index contributed by atoms with van der Waals surface area (Å²) in [6.07, 6.45) is 1.57. The lowest BCUT2D eigenvalue weighted by Crippen LogP contribution is -2.18. The molecule has 8 heteroatoms. The summed E-state index contributed by atoms with van der Waals surface area (Å²) in [7, 11) is 0. The van der Waals surface area contributed by atoms with E-state index in [0.717, 1.165) is 11.1 Å². The van der Waals surface area contributed by atoms with Gasteiger partial charge in [0, 0.05) is 28.9 Å². The highest BCUT2D eigenvalue weighted by Crippen LogP contribution is 2.16. The first kappa shape index (κ1) is 20.4. The van der Waals surface area contributed by atoms with Crippen molar-refractivity contribution < 1.29 is 14.5 Å². The van der Waals surface area contributed by atoms with Crippen LogP contribution >= 0.6 is 0 Å². The highest BCUT2D eigenvalue weighted by molar-refractivity contribution is 6.05. The van der Waals surface area contributed by atoms with E-state index in [1.807, 2.05) is 31.2 Å². The smallest absolute Gasteiger partial charge is 0.271 e. The Bertz CT molecular complexity index is 1120. The first-order chi connectivity index (χ1) is 14.4. The summed E-state index contributed by atoms with van der Waals surface area (Å²) in [6, 6.07) is 19.3. The number of aryl methyl sites for hydroxylation is 1. The molecule has 0 heterocycles. The first-order valence-electron chi connectivity index (χ1n) is 8.99. The van der Waals surface area contributed by atoms with Crippen molar-refractivity contribution in [2.45, 2.75) is 6.92 Å². The molecule has 0 spiro atoms. The molecular weight excluding hydrogens is 384 g/mol. The van der Waals surface area contributed by atoms with Crippen LogP contribution in [-0.2, 0) is 0 Å². The fourth-order valence-corrected chi connectivity index (χ4v) is 2.63. The Hall–Kier alpha value is -4.33. The molecule has 2 N–H and O–H groups in total. The topological polar surface area (TPSA) is 114 Å². The van der Waals surface area contributed by atoms with E-state index in [4.69, 9.17) is 0 Å². The number of nitrogens with zero attached hydrogens (tertiary/aromatic N) is 2. The summed E-state index contributed by atoms with van der Waals surface area (Å²) in [4.78, 5) is 34.7. The molecular formula is C22H18N4O4. The van der Waals surface area contributed by atoms with Crippen LogP contribution in [0.3, 0.4) is 0 Å². The predicted octanol–water partition coefficient (Wildman–Crippen LogP) is 3.92. The monoisotopic (exact) mass is 402 g/mol. The van der Waals surface area contributed by atoms with Gasteiger partial charge in [0.25, 0.3) is 17.5 Å². The number of non-ortho nitro benzene ring substituents is 1. The van der Waals surface area contributed by atoms with Gasteiger partial charge in [-0.3, -0.25) is 19.7 Å². The number of amides is 2. The van der Waals surface area contributed by atoms with Crippen LogP contribution in [0.2, 0.25) is 0 Å². The molecule has 0 aliphatic heterocycles. The molecule has 150 valence electrons. The summed E-state index contributed by atoms with van der Waals surface area (Å²) in [5.41, 5.74) is 5.21. The Kier molecular flexibility index (Phi) is 6.29. The van der Waals surface area contributed by atoms with Crippen molar-refractivity contribution in [2.24, 2.45) is 5.10 Å². The third kappa shape index (κ3) is 5.14. The largest absolute Gasteiger partial charge is 0.322 e. The summed E-state index contributed by atoms with van der Waals surface area (Å²) in [5.74, 6) is -0.880. The minimum atomic E-state index is -0.564. The molecule has 0 fully saturated rings. The average molecular weight is 402 g/mol. The van der Waals surface area contributed by atoms with E-state index in [0.29, 0.717) is 11.3 Å². The van der Waals surface area contributed by atoms with Crippen molar-refractivity contribution >= 4 is 29.4 Å². The van der Waals surface area contributed by atoms with Crippen molar-refractivity contribution in [1.82, 2.24) is 5.43 Å². The molecule has 0 atom stereocenters. The number of carbonyl (C=O) groups excluding carboxylic acids is 2. The van der Waals surface area contributed by atoms with Crippen LogP contribution in [0.5, 0.6) is 0 Å². The van der Waals surface area contributed by atoms with E-state index in [2.05, 4.69) is 15.8 Å². The van der Waals surface area contributed by atoms with Crippen molar-refractivity contribution in [3.63, 3.8) is 0 Å². The Morgan fingerprint density at radius 1 is 0.933 bits per heavy atom. The highest BCUT2D eigenvalue weighted by atomic mass is 16.6. The van der Waals surface area contributed by atoms with E-state index in [9.17, 15) is 19.7 Å². The fourth-order valence-electron chi connectivity index (χ4n) is 2.63. The number of nitro benzene ring substituents is 1. The van der Waals surface area contributed by atoms with Gasteiger partial charge in [0.2, 0.25) is 0 Å². The number of hydrazone groups is 1. The van der Waals surface area contributed by atoms with Gasteiger partial charge in [0.15, 0.2) is 0 Å². The second kappa shape index (κ2) is 9.24. The van der Waals surface area contributed by atoms with Gasteiger partial charge in [0.1, 0.15) is 0 Å². The van der Waals surface area contributed by atoms with Crippen molar-refractivity contribution in [1.29, 1.82) is 0 Å². The summed E-state index contributed by atoms with van der Waals surface area (Å²) in [5, 5.41) is 17.4. The van der Waals surface area contributed by atoms with Crippen molar-refractivity contribution in [2.75, 3.05) is 5.32 Å². The quantitative estimate of drug-likeness (QED) is 0.369. The van der Waals surface area contributed by atoms with Crippen molar-refractivity contribution in [3.05, 3.63) is 105 Å². The summed E-state index contributed by atoms with van der Waals surface area (Å²) >= 11 is 0. The van der Waals surface area contributed by atoms with E-state index in [1.165, 1.54) is 24.3 Å². The van der Waals surface area contributed by atoms with Gasteiger partial charge in [0.05, 0.1) is 11.1 Å². The number of anilines is 1. The Balaban J connectivity index is 1.61. The molecule has 0 unspecified atom stereocenters. The second-order valence-electron chi connectivity index (χ2n) is 6.39. The zero-order chi connectivity index (χ0) is 21.5. The standard InChI is InChI=1S/C22H18N4O4/c1-15-5-2-3-6-18(15)14-23-25-22(28)16-9-11-19(12-10-16)24-21(27)17-7-4-8-20(13-17)26(29)30/h2-14H,1H3,(H,24,27)(H,25,28). The van der Waals surface area contributed by atoms with Crippen LogP contribution in [0.1, 0.15) is 31.8 Å². The van der Waals surface area contributed by atoms with Crippen molar-refractivity contribution in [3.8, 4) is 0 Å². The summed E-state index contributed by atoms with van der Waals surface area (Å²) in [6.45, 7) is 1.95. The molecule has 0 radical (unpaired) electrons. The first-order valence-corrected chi connectivity index (χ1v) is 8.99. The number of carbonyl (C=O) groups is 2. The maximum Gasteiger partial charge on any atom is 0.271 e. The molecule has 2 amide bonds. The molecule has 3 rings (SSSR count). The lowest BCUT2D eigenvalue weighted by Gasteiger charge is -2.06. The zero-order valence-electron chi connectivity index (χ0n) is 16.0. The lowest BCUT2D eigenvalue weighted by atomic mass is 10.1. The fraction of sp³-hybridized carbons (Fsp3) is 0.0455. The third-order valence-electron chi connectivity index (χ3n) is 4.28. The number of rotatable bonds is 6. The van der Waals surface area contributed by atoms with Gasteiger partial charge in [-0.1, -0.05) is 30.3 Å². The minimum Gasteiger partial charge on any atom is -0.322 e. The van der Waals surface area contributed by atoms with Crippen LogP contribution in [0.25, 0.3) is 0 Å². The van der Waals surface area contributed by atoms with Crippen LogP contribution in [0.4, 0.5) is 11.4 Å². The number of hydrogen-bond acceptors (Lipinski definition) is 5. The third-order valence-corrected chi connectivity index (χ3v) is 4.28. The number of nitro groups is 1. The number of nitrogens with one attached hydrogen (secondary N) is 2. The Morgan fingerprint density at radius 2 is 1.67 bits per heavy atom. The molecule has 0 saturated heterocycles. The zero-order valence-corrected chi connectivity index (χ0v) is 16.0. The van der Waals surface area contributed by atoms with Gasteiger partial charge in [-0.15, -0.1) is 0 Å². The molecule has 0 aliphatic carbocycles. The van der Waals surface area contributed by atoms with Crippen LogP contribution in [-0.4, -0.2) is 23.0 Å². The second-order valence-corrected chi connectivity index (χ2v) is 6.39. The molecule has 30 heavy (non-hydrogen) atoms. The molecule has 0 saturated carbocycles. The van der Waals surface area contributed by atoms with E-state index in [1.54, 1.807) is 30.5 Å². The van der Waals surface area contributed by atoms with Gasteiger partial charge >= 0.3 is 0 Å². The van der Waals surface area contributed by atoms with Crippen LogP contribution in [0, 0.1) is 17.0 Å². The molecule has 8 nitrogen and oxygen atoms in total. The van der Waals surface area contributed by atoms with Crippen LogP contribution < -0.4 is 10.7 Å². The van der Waals surface area contributed by atoms with Crippen LogP contribution in [0.15, 0.2) is 77.9 Å². The average Bonchev–Trinajstić information content (AvgIpc) is 2.75. The van der Waals surface area contributed by atoms with Gasteiger partial charge in [-0.2, -0.15) is 5.10 Å². The van der Waals surface area contributed by atoms with E-state index < -0.39 is 16.7 Å². The molecule has 3 aromatic carbocycles. The lowest BCUT2D eigenvalue weighted by molar-refractivity contribution is -0.384. The minimum absolute atomic E-state index is 0.163. The maximum absolute atomic E-state index is 12.3. The Labute approximate surface area is 172 Å². The summed E-state index contributed by atoms with van der Waals surface area (Å²) < 4.78 is 0. The maximum atomic E-state index is 12.3. The molecule has 0 bridgehead atoms. The van der Waals surface area contributed by atoms with Gasteiger partial charge in [-0.25, -0.2) is 5.43 Å². The Morgan fingerprint density at radius 3 is 2.37 bits per heavy atom. The van der Waals surface area contributed by atoms with Gasteiger partial charge in [-0.05, 0) is 48.4 Å². The number of hydrogen-bond donors (Lipinski definition) is 2. The normalized spacial score (nSPS) is 10.6. The molecule has 3 aromatic rings. The van der Waals surface area contributed by atoms with Gasteiger partial charge < -0.3 is 5.32 Å².